The highest BCUT2D eigenvalue weighted by Gasteiger charge is 2.15. The van der Waals surface area contributed by atoms with E-state index >= 15 is 0 Å². The summed E-state index contributed by atoms with van der Waals surface area (Å²) in [5.41, 5.74) is 3.62. The fourth-order valence-electron chi connectivity index (χ4n) is 2.95. The zero-order valence-electron chi connectivity index (χ0n) is 15.8. The molecule has 0 aromatic carbocycles. The third-order valence-electron chi connectivity index (χ3n) is 4.24. The maximum absolute atomic E-state index is 9.03. The van der Waals surface area contributed by atoms with Gasteiger partial charge >= 0.3 is 0 Å². The Morgan fingerprint density at radius 3 is 2.86 bits per heavy atom. The van der Waals surface area contributed by atoms with Crippen molar-refractivity contribution in [1.82, 2.24) is 28.7 Å². The Bertz CT molecular complexity index is 1080. The molecule has 0 saturated carbocycles. The molecule has 0 unspecified atom stereocenters. The van der Waals surface area contributed by atoms with Crippen molar-refractivity contribution >= 4 is 39.3 Å². The Kier molecular flexibility index (Phi) is 5.22. The fraction of sp³-hybridized carbons (Fsp3) is 0.333. The van der Waals surface area contributed by atoms with Crippen LogP contribution in [0.5, 0.6) is 0 Å². The van der Waals surface area contributed by atoms with Gasteiger partial charge in [0.15, 0.2) is 5.82 Å². The lowest BCUT2D eigenvalue weighted by molar-refractivity contribution is 0.286. The zero-order chi connectivity index (χ0) is 19.5. The highest BCUT2D eigenvalue weighted by atomic mass is 32.1. The molecular formula is C18H22N8OS. The van der Waals surface area contributed by atoms with Crippen LogP contribution in [0, 0.1) is 6.92 Å². The van der Waals surface area contributed by atoms with Gasteiger partial charge in [-0.25, -0.2) is 4.98 Å². The second-order valence-corrected chi connectivity index (χ2v) is 7.31. The normalized spacial score (nSPS) is 11.2. The van der Waals surface area contributed by atoms with E-state index in [1.165, 1.54) is 11.5 Å². The number of aryl methyl sites for hydroxylation is 2. The van der Waals surface area contributed by atoms with E-state index in [0.29, 0.717) is 12.5 Å². The average Bonchev–Trinajstić information content (AvgIpc) is 3.38. The largest absolute Gasteiger partial charge is 0.396 e. The topological polar surface area (TPSA) is 106 Å². The molecule has 146 valence electrons. The van der Waals surface area contributed by atoms with E-state index in [2.05, 4.69) is 25.1 Å². The number of aromatic nitrogens is 6. The maximum Gasteiger partial charge on any atom is 0.230 e. The molecule has 4 aromatic rings. The SMILES string of the molecule is Cc1cc(Nc2nc(NCCCCO)c3c(ccn3-c3cnn(C)c3)n2)sn1. The van der Waals surface area contributed by atoms with Crippen molar-refractivity contribution < 1.29 is 5.11 Å². The number of hydrogen-bond donors (Lipinski definition) is 3. The fourth-order valence-corrected chi connectivity index (χ4v) is 3.60. The molecular weight excluding hydrogens is 376 g/mol. The summed E-state index contributed by atoms with van der Waals surface area (Å²) in [5, 5.41) is 20.8. The first-order chi connectivity index (χ1) is 13.6. The number of aliphatic hydroxyl groups is 1. The Labute approximate surface area is 166 Å². The Morgan fingerprint density at radius 1 is 1.25 bits per heavy atom. The number of aliphatic hydroxyl groups excluding tert-OH is 1. The molecule has 3 N–H and O–H groups in total. The molecule has 0 saturated heterocycles. The molecule has 4 heterocycles. The van der Waals surface area contributed by atoms with Gasteiger partial charge in [-0.05, 0) is 43.4 Å². The Morgan fingerprint density at radius 2 is 2.14 bits per heavy atom. The summed E-state index contributed by atoms with van der Waals surface area (Å²) in [7, 11) is 1.89. The molecule has 10 heteroatoms. The minimum absolute atomic E-state index is 0.185. The molecule has 0 fully saturated rings. The van der Waals surface area contributed by atoms with Crippen LogP contribution < -0.4 is 10.6 Å². The van der Waals surface area contributed by atoms with Gasteiger partial charge in [-0.15, -0.1) is 0 Å². The summed E-state index contributed by atoms with van der Waals surface area (Å²) in [5.74, 6) is 1.25. The van der Waals surface area contributed by atoms with Crippen molar-refractivity contribution in [3.8, 4) is 5.69 Å². The van der Waals surface area contributed by atoms with Crippen LogP contribution in [0.25, 0.3) is 16.7 Å². The van der Waals surface area contributed by atoms with Crippen LogP contribution in [-0.4, -0.2) is 46.9 Å². The predicted molar refractivity (Wildman–Crippen MR) is 111 cm³/mol. The van der Waals surface area contributed by atoms with Gasteiger partial charge in [0.1, 0.15) is 10.5 Å². The third kappa shape index (κ3) is 3.82. The van der Waals surface area contributed by atoms with Gasteiger partial charge in [0.25, 0.3) is 0 Å². The van der Waals surface area contributed by atoms with Gasteiger partial charge in [0.05, 0.1) is 23.1 Å². The second kappa shape index (κ2) is 7.95. The Balaban J connectivity index is 1.72. The van der Waals surface area contributed by atoms with Crippen LogP contribution in [-0.2, 0) is 7.05 Å². The van der Waals surface area contributed by atoms with Gasteiger partial charge in [-0.2, -0.15) is 14.5 Å². The smallest absolute Gasteiger partial charge is 0.230 e. The van der Waals surface area contributed by atoms with E-state index in [4.69, 9.17) is 10.1 Å². The molecule has 4 aromatic heterocycles. The van der Waals surface area contributed by atoms with E-state index < -0.39 is 0 Å². The second-order valence-electron chi connectivity index (χ2n) is 6.50. The highest BCUT2D eigenvalue weighted by Crippen LogP contribution is 2.28. The number of fused-ring (bicyclic) bond motifs is 1. The molecule has 0 amide bonds. The lowest BCUT2D eigenvalue weighted by Crippen LogP contribution is -2.08. The van der Waals surface area contributed by atoms with Crippen molar-refractivity contribution in [2.45, 2.75) is 19.8 Å². The lowest BCUT2D eigenvalue weighted by atomic mass is 10.3. The minimum Gasteiger partial charge on any atom is -0.396 e. The van der Waals surface area contributed by atoms with Crippen LogP contribution >= 0.6 is 11.5 Å². The molecule has 0 bridgehead atoms. The molecule has 4 rings (SSSR count). The highest BCUT2D eigenvalue weighted by molar-refractivity contribution is 7.10. The summed E-state index contributed by atoms with van der Waals surface area (Å²) in [4.78, 5) is 9.37. The van der Waals surface area contributed by atoms with Crippen LogP contribution in [0.2, 0.25) is 0 Å². The summed E-state index contributed by atoms with van der Waals surface area (Å²) >= 11 is 1.38. The standard InChI is InChI=1S/C18H22N8OS/c1-12-9-15(28-24-12)22-18-21-14-5-7-26(13-10-20-25(2)11-13)16(14)17(23-18)19-6-3-4-8-27/h5,7,9-11,27H,3-4,6,8H2,1-2H3,(H2,19,21,22,23). The van der Waals surface area contributed by atoms with Gasteiger partial charge in [0.2, 0.25) is 5.95 Å². The molecule has 0 aliphatic heterocycles. The first kappa shape index (κ1) is 18.4. The summed E-state index contributed by atoms with van der Waals surface area (Å²) in [6.07, 6.45) is 7.32. The molecule has 0 aliphatic rings. The lowest BCUT2D eigenvalue weighted by Gasteiger charge is -2.11. The molecule has 0 radical (unpaired) electrons. The van der Waals surface area contributed by atoms with Crippen molar-refractivity contribution in [2.24, 2.45) is 7.05 Å². The third-order valence-corrected chi connectivity index (χ3v) is 5.04. The van der Waals surface area contributed by atoms with Crippen molar-refractivity contribution in [2.75, 3.05) is 23.8 Å². The van der Waals surface area contributed by atoms with Crippen LogP contribution in [0.1, 0.15) is 18.5 Å². The molecule has 9 nitrogen and oxygen atoms in total. The minimum atomic E-state index is 0.185. The zero-order valence-corrected chi connectivity index (χ0v) is 16.6. The average molecular weight is 398 g/mol. The van der Waals surface area contributed by atoms with E-state index in [1.807, 2.05) is 43.1 Å². The first-order valence-corrected chi connectivity index (χ1v) is 9.84. The number of unbranched alkanes of at least 4 members (excludes halogenated alkanes) is 1. The van der Waals surface area contributed by atoms with Gasteiger partial charge in [0, 0.05) is 32.6 Å². The number of nitrogens with zero attached hydrogens (tertiary/aromatic N) is 6. The van der Waals surface area contributed by atoms with E-state index in [9.17, 15) is 0 Å². The Hall–Kier alpha value is -2.98. The van der Waals surface area contributed by atoms with Crippen molar-refractivity contribution in [3.05, 3.63) is 36.4 Å². The van der Waals surface area contributed by atoms with E-state index in [1.54, 1.807) is 10.9 Å². The van der Waals surface area contributed by atoms with E-state index in [-0.39, 0.29) is 6.61 Å². The summed E-state index contributed by atoms with van der Waals surface area (Å²) in [6, 6.07) is 3.93. The van der Waals surface area contributed by atoms with Gasteiger partial charge in [-0.1, -0.05) is 0 Å². The van der Waals surface area contributed by atoms with Gasteiger partial charge in [-0.3, -0.25) is 4.68 Å². The van der Waals surface area contributed by atoms with Crippen LogP contribution in [0.4, 0.5) is 16.8 Å². The maximum atomic E-state index is 9.03. The number of hydrogen-bond acceptors (Lipinski definition) is 8. The molecule has 28 heavy (non-hydrogen) atoms. The quantitative estimate of drug-likeness (QED) is 0.392. The van der Waals surface area contributed by atoms with Gasteiger partial charge < -0.3 is 20.3 Å². The number of nitrogens with one attached hydrogen (secondary N) is 2. The molecule has 0 spiro atoms. The summed E-state index contributed by atoms with van der Waals surface area (Å²) < 4.78 is 8.07. The number of anilines is 3. The van der Waals surface area contributed by atoms with Crippen LogP contribution in [0.3, 0.4) is 0 Å². The summed E-state index contributed by atoms with van der Waals surface area (Å²) in [6.45, 7) is 2.85. The van der Waals surface area contributed by atoms with Crippen molar-refractivity contribution in [3.63, 3.8) is 0 Å². The monoisotopic (exact) mass is 398 g/mol. The molecule has 0 aliphatic carbocycles. The van der Waals surface area contributed by atoms with Crippen molar-refractivity contribution in [1.29, 1.82) is 0 Å². The van der Waals surface area contributed by atoms with E-state index in [0.717, 1.165) is 46.1 Å². The molecule has 0 atom stereocenters. The first-order valence-electron chi connectivity index (χ1n) is 9.07. The van der Waals surface area contributed by atoms with Crippen LogP contribution in [0.15, 0.2) is 30.7 Å². The number of rotatable bonds is 8. The predicted octanol–water partition coefficient (Wildman–Crippen LogP) is 2.85.